The summed E-state index contributed by atoms with van der Waals surface area (Å²) in [7, 11) is 1.85. The molecule has 1 aromatic carbocycles. The Morgan fingerprint density at radius 2 is 1.82 bits per heavy atom. The van der Waals surface area contributed by atoms with Gasteiger partial charge in [-0.25, -0.2) is 0 Å². The van der Waals surface area contributed by atoms with Crippen molar-refractivity contribution in [3.63, 3.8) is 0 Å². The number of rotatable bonds is 6. The van der Waals surface area contributed by atoms with Crippen LogP contribution in [-0.2, 0) is 10.9 Å². The normalized spacial score (nSPS) is 19.9. The molecule has 2 unspecified atom stereocenters. The van der Waals surface area contributed by atoms with E-state index in [0.29, 0.717) is 19.5 Å². The Morgan fingerprint density at radius 1 is 1.18 bits per heavy atom. The van der Waals surface area contributed by atoms with Gasteiger partial charge in [-0.2, -0.15) is 13.2 Å². The van der Waals surface area contributed by atoms with Gasteiger partial charge in [0.2, 0.25) is 11.6 Å². The van der Waals surface area contributed by atoms with Gasteiger partial charge in [-0.1, -0.05) is 20.8 Å². The summed E-state index contributed by atoms with van der Waals surface area (Å²) in [6, 6.07) is 1.44. The van der Waals surface area contributed by atoms with Crippen molar-refractivity contribution in [3.05, 3.63) is 35.1 Å². The number of anilines is 3. The minimum atomic E-state index is -4.87. The first-order valence-corrected chi connectivity index (χ1v) is 13.6. The molecule has 4 rings (SSSR count). The number of nitrogens with zero attached hydrogens (tertiary/aromatic N) is 4. The first-order valence-electron chi connectivity index (χ1n) is 12.5. The number of phenols is 1. The largest absolute Gasteiger partial charge is 0.546 e. The zero-order valence-electron chi connectivity index (χ0n) is 22.4. The Balaban J connectivity index is 1.67. The number of aromatic nitrogens is 2. The minimum Gasteiger partial charge on any atom is -0.546 e. The number of nitrogens with one attached hydrogen (secondary N) is 2. The summed E-state index contributed by atoms with van der Waals surface area (Å²) in [5.41, 5.74) is -2.63. The smallest absolute Gasteiger partial charge is 0.417 e. The van der Waals surface area contributed by atoms with Gasteiger partial charge in [-0.15, -0.1) is 0 Å². The van der Waals surface area contributed by atoms with E-state index in [1.165, 1.54) is 4.90 Å². The second-order valence-corrected chi connectivity index (χ2v) is 11.7. The van der Waals surface area contributed by atoms with Crippen molar-refractivity contribution < 1.29 is 32.4 Å². The maximum absolute atomic E-state index is 13.9. The molecule has 10 nitrogen and oxygen atoms in total. The molecular weight excluding hydrogens is 537 g/mol. The topological polar surface area (TPSA) is 126 Å². The van der Waals surface area contributed by atoms with Crippen molar-refractivity contribution in [3.8, 4) is 5.75 Å². The Morgan fingerprint density at radius 3 is 2.38 bits per heavy atom. The number of benzene rings is 1. The van der Waals surface area contributed by atoms with Crippen molar-refractivity contribution in [2.24, 2.45) is 5.41 Å². The fourth-order valence-electron chi connectivity index (χ4n) is 4.72. The van der Waals surface area contributed by atoms with Crippen LogP contribution in [0.1, 0.15) is 50.0 Å². The van der Waals surface area contributed by atoms with Crippen molar-refractivity contribution in [1.29, 1.82) is 0 Å². The number of allylic oxidation sites excluding steroid dienone is 1. The molecule has 39 heavy (non-hydrogen) atoms. The quantitative estimate of drug-likeness (QED) is 0.338. The van der Waals surface area contributed by atoms with Gasteiger partial charge in [0.15, 0.2) is 16.9 Å². The van der Waals surface area contributed by atoms with E-state index in [1.54, 1.807) is 0 Å². The molecule has 2 aliphatic rings. The molecule has 3 N–H and O–H groups in total. The van der Waals surface area contributed by atoms with E-state index in [1.807, 2.05) is 45.7 Å². The number of halogens is 3. The maximum atomic E-state index is 13.9. The molecule has 3 heterocycles. The number of phenolic OH excluding ortho intramolecular Hbond substituents is 1. The highest BCUT2D eigenvalue weighted by Gasteiger charge is 2.40. The number of carbonyl (C=O) groups is 1. The Kier molecular flexibility index (Phi) is 8.01. The van der Waals surface area contributed by atoms with Crippen LogP contribution in [0.5, 0.6) is 5.75 Å². The number of carbonyl (C=O) groups excluding carboxylic acids is 1. The first kappa shape index (κ1) is 28.9. The van der Waals surface area contributed by atoms with Crippen LogP contribution in [0.4, 0.5) is 30.5 Å². The van der Waals surface area contributed by atoms with Gasteiger partial charge in [0, 0.05) is 41.3 Å². The summed E-state index contributed by atoms with van der Waals surface area (Å²) in [5, 5.41) is 16.9. The monoisotopic (exact) mass is 570 g/mol. The fraction of sp³-hybridized carbons (Fsp3) is 0.560. The highest BCUT2D eigenvalue weighted by atomic mass is 32.2. The molecule has 1 saturated heterocycles. The SMILES string of the molecule is CC1=CCC([C@H](Nc2n[s+]([O-])nc2Nc2ccc(C(F)(F)F)c(C(=O)N3CCN(C)CC3)c2O)C(C)(C)C)O1. The van der Waals surface area contributed by atoms with Crippen LogP contribution in [-0.4, -0.2) is 79.5 Å². The van der Waals surface area contributed by atoms with Crippen molar-refractivity contribution >= 4 is 34.4 Å². The number of likely N-dealkylation sites (N-methyl/N-ethyl adjacent to an activating group) is 1. The second-order valence-electron chi connectivity index (χ2n) is 10.9. The third kappa shape index (κ3) is 6.39. The second kappa shape index (κ2) is 10.8. The molecule has 3 atom stereocenters. The van der Waals surface area contributed by atoms with Crippen molar-refractivity contribution in [2.75, 3.05) is 43.9 Å². The number of hydrogen-bond donors (Lipinski definition) is 3. The van der Waals surface area contributed by atoms with Crippen LogP contribution in [0.3, 0.4) is 0 Å². The molecule has 0 radical (unpaired) electrons. The van der Waals surface area contributed by atoms with E-state index in [4.69, 9.17) is 4.74 Å². The van der Waals surface area contributed by atoms with Gasteiger partial charge < -0.3 is 34.8 Å². The molecule has 14 heteroatoms. The molecule has 1 fully saturated rings. The number of ether oxygens (including phenoxy) is 1. The van der Waals surface area contributed by atoms with E-state index in [0.717, 1.165) is 17.9 Å². The lowest BCUT2D eigenvalue weighted by Gasteiger charge is -2.35. The molecule has 1 amide bonds. The van der Waals surface area contributed by atoms with Crippen LogP contribution >= 0.6 is 11.1 Å². The van der Waals surface area contributed by atoms with Gasteiger partial charge in [0.25, 0.3) is 5.91 Å². The van der Waals surface area contributed by atoms with Crippen LogP contribution in [0.25, 0.3) is 0 Å². The predicted molar refractivity (Wildman–Crippen MR) is 141 cm³/mol. The molecule has 2 aromatic rings. The number of alkyl halides is 3. The van der Waals surface area contributed by atoms with E-state index in [2.05, 4.69) is 19.4 Å². The summed E-state index contributed by atoms with van der Waals surface area (Å²) in [6.07, 6.45) is -2.50. The number of hydrogen-bond acceptors (Lipinski definition) is 9. The van der Waals surface area contributed by atoms with Gasteiger partial charge in [-0.3, -0.25) is 4.79 Å². The molecule has 214 valence electrons. The third-order valence-corrected chi connectivity index (χ3v) is 7.55. The Hall–Kier alpha value is -3.10. The lowest BCUT2D eigenvalue weighted by Crippen LogP contribution is -2.47. The zero-order chi connectivity index (χ0) is 28.7. The molecule has 0 bridgehead atoms. The fourth-order valence-corrected chi connectivity index (χ4v) is 5.34. The zero-order valence-corrected chi connectivity index (χ0v) is 23.2. The average Bonchev–Trinajstić information content (AvgIpc) is 3.41. The molecule has 2 aliphatic heterocycles. The van der Waals surface area contributed by atoms with E-state index >= 15 is 0 Å². The van der Waals surface area contributed by atoms with Gasteiger partial charge >= 0.3 is 6.18 Å². The molecule has 0 spiro atoms. The van der Waals surface area contributed by atoms with E-state index in [9.17, 15) is 27.6 Å². The highest BCUT2D eigenvalue weighted by molar-refractivity contribution is 7.14. The van der Waals surface area contributed by atoms with Crippen molar-refractivity contribution in [1.82, 2.24) is 18.5 Å². The summed E-state index contributed by atoms with van der Waals surface area (Å²) in [4.78, 5) is 16.5. The summed E-state index contributed by atoms with van der Waals surface area (Å²) < 4.78 is 67.8. The first-order chi connectivity index (χ1) is 18.1. The summed E-state index contributed by atoms with van der Waals surface area (Å²) in [5.74, 6) is -0.951. The van der Waals surface area contributed by atoms with Gasteiger partial charge in [0.05, 0.1) is 28.6 Å². The van der Waals surface area contributed by atoms with Gasteiger partial charge in [-0.05, 0) is 37.6 Å². The van der Waals surface area contributed by atoms with Gasteiger partial charge in [0.1, 0.15) is 6.10 Å². The van der Waals surface area contributed by atoms with Crippen LogP contribution in [0.15, 0.2) is 24.0 Å². The standard InChI is InChI=1S/C25H33F3N6O4S/c1-14-6-9-17(38-14)20(24(2,3)4)30-22-21(31-39(37)32-22)29-16-8-7-15(25(26,27)28)18(19(16)35)23(36)34-12-10-33(5)11-13-34/h6-8,17,20,35H,9-13H2,1-5H3,(H,29,31)(H,30,32)/t17?,20-,39?/m0/s1. The summed E-state index contributed by atoms with van der Waals surface area (Å²) in [6.45, 7) is 9.28. The lowest BCUT2D eigenvalue weighted by atomic mass is 9.82. The van der Waals surface area contributed by atoms with E-state index < -0.39 is 40.1 Å². The highest BCUT2D eigenvalue weighted by Crippen LogP contribution is 2.42. The Labute approximate surface area is 228 Å². The minimum absolute atomic E-state index is 0.0432. The van der Waals surface area contributed by atoms with Crippen LogP contribution in [0, 0.1) is 5.41 Å². The molecule has 0 saturated carbocycles. The Bertz CT molecular complexity index is 1250. The van der Waals surface area contributed by atoms with Crippen LogP contribution < -0.4 is 10.6 Å². The number of amides is 1. The van der Waals surface area contributed by atoms with Crippen molar-refractivity contribution in [2.45, 2.75) is 52.4 Å². The maximum Gasteiger partial charge on any atom is 0.417 e. The number of aromatic hydroxyl groups is 1. The average molecular weight is 571 g/mol. The third-order valence-electron chi connectivity index (χ3n) is 6.88. The summed E-state index contributed by atoms with van der Waals surface area (Å²) >= 11 is -2.00. The molecular formula is C25H33F3N6O4S. The predicted octanol–water partition coefficient (Wildman–Crippen LogP) is 4.58. The van der Waals surface area contributed by atoms with E-state index in [-0.39, 0.29) is 48.0 Å². The number of piperazine rings is 1. The lowest BCUT2D eigenvalue weighted by molar-refractivity contribution is -0.138. The molecule has 0 aliphatic carbocycles. The molecule has 1 aromatic heterocycles. The van der Waals surface area contributed by atoms with Crippen LogP contribution in [0.2, 0.25) is 0 Å².